The minimum Gasteiger partial charge on any atom is -0.409 e. The van der Waals surface area contributed by atoms with Crippen LogP contribution in [0.25, 0.3) is 5.69 Å². The molecule has 0 aliphatic rings. The molecule has 0 aromatic carbocycles. The van der Waals surface area contributed by atoms with Crippen LogP contribution in [0.3, 0.4) is 0 Å². The summed E-state index contributed by atoms with van der Waals surface area (Å²) in [6.07, 6.45) is 2.86. The van der Waals surface area contributed by atoms with Crippen LogP contribution in [0.4, 0.5) is 0 Å². The quantitative estimate of drug-likeness (QED) is 0.284. The van der Waals surface area contributed by atoms with Gasteiger partial charge in [-0.1, -0.05) is 5.16 Å². The molecular formula is C10H11N7O2. The van der Waals surface area contributed by atoms with Crippen molar-refractivity contribution in [1.29, 1.82) is 0 Å². The molecule has 1 amide bonds. The Bertz CT molecular complexity index is 634. The molecule has 2 heterocycles. The highest BCUT2D eigenvalue weighted by Crippen LogP contribution is 2.07. The molecule has 0 saturated heterocycles. The number of carbonyl (C=O) groups excluding carboxylic acids is 1. The van der Waals surface area contributed by atoms with Gasteiger partial charge in [0.05, 0.1) is 5.69 Å². The number of hydrogen-bond donors (Lipinski definition) is 3. The van der Waals surface area contributed by atoms with Gasteiger partial charge in [0.1, 0.15) is 12.0 Å². The van der Waals surface area contributed by atoms with E-state index in [-0.39, 0.29) is 23.3 Å². The van der Waals surface area contributed by atoms with Crippen molar-refractivity contribution in [2.45, 2.75) is 0 Å². The Morgan fingerprint density at radius 3 is 3.00 bits per heavy atom. The highest BCUT2D eigenvalue weighted by molar-refractivity contribution is 5.93. The molecule has 2 aromatic heterocycles. The largest absolute Gasteiger partial charge is 0.409 e. The van der Waals surface area contributed by atoms with Gasteiger partial charge in [-0.15, -0.1) is 5.10 Å². The smallest absolute Gasteiger partial charge is 0.269 e. The van der Waals surface area contributed by atoms with E-state index in [1.165, 1.54) is 24.3 Å². The lowest BCUT2D eigenvalue weighted by molar-refractivity contribution is 0.0958. The molecule has 0 aliphatic heterocycles. The zero-order valence-electron chi connectivity index (χ0n) is 9.98. The van der Waals surface area contributed by atoms with Gasteiger partial charge in [0, 0.05) is 13.2 Å². The number of nitrogens with one attached hydrogen (secondary N) is 1. The van der Waals surface area contributed by atoms with Crippen molar-refractivity contribution >= 4 is 11.7 Å². The molecular weight excluding hydrogens is 250 g/mol. The monoisotopic (exact) mass is 261 g/mol. The van der Waals surface area contributed by atoms with E-state index in [0.717, 1.165) is 0 Å². The van der Waals surface area contributed by atoms with Crippen LogP contribution in [0.5, 0.6) is 0 Å². The number of hydrogen-bond acceptors (Lipinski definition) is 6. The molecule has 0 unspecified atom stereocenters. The Labute approximate surface area is 107 Å². The van der Waals surface area contributed by atoms with Gasteiger partial charge in [0.25, 0.3) is 5.91 Å². The first-order valence-electron chi connectivity index (χ1n) is 5.23. The van der Waals surface area contributed by atoms with Crippen LogP contribution in [0.1, 0.15) is 16.3 Å². The highest BCUT2D eigenvalue weighted by atomic mass is 16.4. The Balaban J connectivity index is 2.37. The summed E-state index contributed by atoms with van der Waals surface area (Å²) in [6, 6.07) is 3.20. The Morgan fingerprint density at radius 2 is 2.32 bits per heavy atom. The summed E-state index contributed by atoms with van der Waals surface area (Å²) in [6.45, 7) is 0. The minimum absolute atomic E-state index is 0.0841. The number of oxime groups is 1. The van der Waals surface area contributed by atoms with Crippen LogP contribution in [-0.4, -0.2) is 43.7 Å². The van der Waals surface area contributed by atoms with Crippen molar-refractivity contribution in [1.82, 2.24) is 25.1 Å². The van der Waals surface area contributed by atoms with Crippen molar-refractivity contribution in [2.75, 3.05) is 7.05 Å². The van der Waals surface area contributed by atoms with Crippen LogP contribution < -0.4 is 11.1 Å². The second-order valence-corrected chi connectivity index (χ2v) is 3.48. The first kappa shape index (κ1) is 12.5. The van der Waals surface area contributed by atoms with Gasteiger partial charge in [-0.05, 0) is 12.1 Å². The number of rotatable bonds is 3. The van der Waals surface area contributed by atoms with E-state index < -0.39 is 0 Å². The molecule has 0 spiro atoms. The fourth-order valence-corrected chi connectivity index (χ4v) is 1.36. The number of aromatic nitrogens is 4. The summed E-state index contributed by atoms with van der Waals surface area (Å²) in [7, 11) is 1.52. The number of amides is 1. The van der Waals surface area contributed by atoms with Crippen LogP contribution in [-0.2, 0) is 0 Å². The number of nitrogens with two attached hydrogens (primary N) is 1. The minimum atomic E-state index is -0.307. The van der Waals surface area contributed by atoms with Crippen molar-refractivity contribution in [3.05, 3.63) is 36.2 Å². The number of carbonyl (C=O) groups is 1. The summed E-state index contributed by atoms with van der Waals surface area (Å²) in [5.74, 6) is -0.418. The number of amidine groups is 1. The lowest BCUT2D eigenvalue weighted by Crippen LogP contribution is -2.19. The van der Waals surface area contributed by atoms with E-state index in [9.17, 15) is 4.79 Å². The normalized spacial score (nSPS) is 11.3. The lowest BCUT2D eigenvalue weighted by Gasteiger charge is -2.02. The molecule has 0 saturated carbocycles. The van der Waals surface area contributed by atoms with E-state index in [4.69, 9.17) is 10.9 Å². The second kappa shape index (κ2) is 5.12. The fraction of sp³-hybridized carbons (Fsp3) is 0.100. The third kappa shape index (κ3) is 2.49. The third-order valence-electron chi connectivity index (χ3n) is 2.30. The highest BCUT2D eigenvalue weighted by Gasteiger charge is 2.10. The van der Waals surface area contributed by atoms with Gasteiger partial charge in [-0.25, -0.2) is 9.67 Å². The van der Waals surface area contributed by atoms with Gasteiger partial charge < -0.3 is 16.3 Å². The van der Waals surface area contributed by atoms with E-state index in [1.807, 2.05) is 0 Å². The first-order chi connectivity index (χ1) is 9.15. The zero-order chi connectivity index (χ0) is 13.8. The maximum atomic E-state index is 11.5. The summed E-state index contributed by atoms with van der Waals surface area (Å²) >= 11 is 0. The average Bonchev–Trinajstić information content (AvgIpc) is 2.95. The van der Waals surface area contributed by atoms with Crippen molar-refractivity contribution < 1.29 is 10.0 Å². The Kier molecular flexibility index (Phi) is 3.37. The molecule has 9 nitrogen and oxygen atoms in total. The lowest BCUT2D eigenvalue weighted by atomic mass is 10.3. The van der Waals surface area contributed by atoms with E-state index >= 15 is 0 Å². The third-order valence-corrected chi connectivity index (χ3v) is 2.30. The summed E-state index contributed by atoms with van der Waals surface area (Å²) in [5, 5.41) is 17.8. The zero-order valence-corrected chi connectivity index (χ0v) is 9.98. The predicted octanol–water partition coefficient (Wildman–Crippen LogP) is -0.884. The van der Waals surface area contributed by atoms with E-state index in [1.54, 1.807) is 12.1 Å². The Hall–Kier alpha value is -2.97. The molecule has 2 aromatic rings. The maximum absolute atomic E-state index is 11.5. The standard InChI is InChI=1S/C10H11N7O2/c1-12-10(18)7-4-6(2-3-13-7)17-5-14-9(15-17)8(11)16-19/h2-5,19H,1H3,(H2,11,16)(H,12,18). The summed E-state index contributed by atoms with van der Waals surface area (Å²) < 4.78 is 1.39. The summed E-state index contributed by atoms with van der Waals surface area (Å²) in [5.41, 5.74) is 6.20. The van der Waals surface area contributed by atoms with E-state index in [2.05, 4.69) is 25.5 Å². The van der Waals surface area contributed by atoms with Crippen LogP contribution >= 0.6 is 0 Å². The molecule has 9 heteroatoms. The van der Waals surface area contributed by atoms with Crippen LogP contribution in [0, 0.1) is 0 Å². The fourth-order valence-electron chi connectivity index (χ4n) is 1.36. The molecule has 0 fully saturated rings. The van der Waals surface area contributed by atoms with Crippen molar-refractivity contribution in [2.24, 2.45) is 10.9 Å². The van der Waals surface area contributed by atoms with Gasteiger partial charge in [0.2, 0.25) is 11.7 Å². The van der Waals surface area contributed by atoms with Crippen LogP contribution in [0.15, 0.2) is 29.8 Å². The molecule has 0 radical (unpaired) electrons. The first-order valence-corrected chi connectivity index (χ1v) is 5.23. The van der Waals surface area contributed by atoms with Gasteiger partial charge >= 0.3 is 0 Å². The molecule has 2 rings (SSSR count). The van der Waals surface area contributed by atoms with Gasteiger partial charge in [-0.3, -0.25) is 9.78 Å². The van der Waals surface area contributed by atoms with E-state index in [0.29, 0.717) is 5.69 Å². The molecule has 19 heavy (non-hydrogen) atoms. The van der Waals surface area contributed by atoms with Gasteiger partial charge in [0.15, 0.2) is 0 Å². The molecule has 98 valence electrons. The number of nitrogens with zero attached hydrogens (tertiary/aromatic N) is 5. The average molecular weight is 261 g/mol. The molecule has 4 N–H and O–H groups in total. The van der Waals surface area contributed by atoms with Crippen LogP contribution in [0.2, 0.25) is 0 Å². The molecule has 0 aliphatic carbocycles. The van der Waals surface area contributed by atoms with Crippen molar-refractivity contribution in [3.8, 4) is 5.69 Å². The van der Waals surface area contributed by atoms with Gasteiger partial charge in [-0.2, -0.15) is 0 Å². The molecule has 0 atom stereocenters. The Morgan fingerprint density at radius 1 is 1.53 bits per heavy atom. The van der Waals surface area contributed by atoms with Crippen molar-refractivity contribution in [3.63, 3.8) is 0 Å². The summed E-state index contributed by atoms with van der Waals surface area (Å²) in [4.78, 5) is 19.3. The topological polar surface area (TPSA) is 131 Å². The SMILES string of the molecule is CNC(=O)c1cc(-n2cnc(C(N)=NO)n2)ccn1. The predicted molar refractivity (Wildman–Crippen MR) is 65.1 cm³/mol. The number of pyridine rings is 1. The second-order valence-electron chi connectivity index (χ2n) is 3.48. The molecule has 0 bridgehead atoms. The maximum Gasteiger partial charge on any atom is 0.269 e.